The van der Waals surface area contributed by atoms with Crippen molar-refractivity contribution in [1.82, 2.24) is 9.97 Å². The second kappa shape index (κ2) is 6.41. The van der Waals surface area contributed by atoms with Crippen molar-refractivity contribution in [2.24, 2.45) is 5.73 Å². The molecule has 112 valence electrons. The van der Waals surface area contributed by atoms with E-state index in [-0.39, 0.29) is 5.41 Å². The number of rotatable bonds is 4. The fourth-order valence-electron chi connectivity index (χ4n) is 1.91. The van der Waals surface area contributed by atoms with Gasteiger partial charge in [-0.25, -0.2) is 9.97 Å². The molecule has 0 fully saturated rings. The Kier molecular flexibility index (Phi) is 4.80. The Morgan fingerprint density at radius 1 is 1.19 bits per heavy atom. The van der Waals surface area contributed by atoms with Crippen molar-refractivity contribution in [2.75, 3.05) is 18.4 Å². The summed E-state index contributed by atoms with van der Waals surface area (Å²) in [6, 6.07) is 7.65. The summed E-state index contributed by atoms with van der Waals surface area (Å²) in [6.45, 7) is 7.53. The molecule has 0 spiro atoms. The minimum atomic E-state index is -0.104. The Morgan fingerprint density at radius 3 is 2.43 bits per heavy atom. The Balaban J connectivity index is 2.49. The third kappa shape index (κ3) is 3.93. The van der Waals surface area contributed by atoms with Crippen molar-refractivity contribution >= 4 is 17.3 Å². The van der Waals surface area contributed by atoms with Crippen molar-refractivity contribution in [3.8, 4) is 11.3 Å². The molecule has 1 heterocycles. The second-order valence-electron chi connectivity index (χ2n) is 5.93. The van der Waals surface area contributed by atoms with Crippen LogP contribution >= 0.6 is 11.6 Å². The number of benzene rings is 1. The summed E-state index contributed by atoms with van der Waals surface area (Å²) >= 11 is 5.96. The number of anilines is 1. The molecule has 0 saturated heterocycles. The lowest BCUT2D eigenvalue weighted by Gasteiger charge is -2.19. The summed E-state index contributed by atoms with van der Waals surface area (Å²) in [7, 11) is 0. The molecule has 1 aromatic carbocycles. The molecule has 4 nitrogen and oxygen atoms in total. The SMILES string of the molecule is CC(C)(C)c1ncc(NCCN)c(-c2ccc(Cl)cc2)n1. The van der Waals surface area contributed by atoms with E-state index in [4.69, 9.17) is 22.3 Å². The first-order valence-corrected chi connectivity index (χ1v) is 7.37. The van der Waals surface area contributed by atoms with Gasteiger partial charge in [-0.3, -0.25) is 0 Å². The van der Waals surface area contributed by atoms with Gasteiger partial charge in [0, 0.05) is 29.1 Å². The summed E-state index contributed by atoms with van der Waals surface area (Å²) in [6.07, 6.45) is 1.83. The van der Waals surface area contributed by atoms with Crippen LogP contribution in [-0.2, 0) is 5.41 Å². The van der Waals surface area contributed by atoms with Gasteiger partial charge in [0.25, 0.3) is 0 Å². The van der Waals surface area contributed by atoms with Gasteiger partial charge < -0.3 is 11.1 Å². The van der Waals surface area contributed by atoms with Crippen LogP contribution in [0.5, 0.6) is 0 Å². The lowest BCUT2D eigenvalue weighted by Crippen LogP contribution is -2.18. The third-order valence-electron chi connectivity index (χ3n) is 3.04. The van der Waals surface area contributed by atoms with Crippen LogP contribution in [0, 0.1) is 0 Å². The van der Waals surface area contributed by atoms with Gasteiger partial charge in [-0.1, -0.05) is 44.5 Å². The van der Waals surface area contributed by atoms with E-state index in [1.165, 1.54) is 0 Å². The van der Waals surface area contributed by atoms with Crippen LogP contribution < -0.4 is 11.1 Å². The molecule has 0 saturated carbocycles. The largest absolute Gasteiger partial charge is 0.381 e. The molecular weight excluding hydrogens is 284 g/mol. The number of nitrogens with one attached hydrogen (secondary N) is 1. The van der Waals surface area contributed by atoms with Gasteiger partial charge in [-0.2, -0.15) is 0 Å². The summed E-state index contributed by atoms with van der Waals surface area (Å²) in [5, 5.41) is 3.98. The molecule has 1 aromatic heterocycles. The first kappa shape index (κ1) is 15.7. The smallest absolute Gasteiger partial charge is 0.134 e. The molecule has 0 atom stereocenters. The molecule has 0 unspecified atom stereocenters. The van der Waals surface area contributed by atoms with E-state index in [1.54, 1.807) is 0 Å². The Labute approximate surface area is 130 Å². The van der Waals surface area contributed by atoms with Crippen molar-refractivity contribution in [2.45, 2.75) is 26.2 Å². The Hall–Kier alpha value is -1.65. The summed E-state index contributed by atoms with van der Waals surface area (Å²) in [5.41, 5.74) is 8.23. The van der Waals surface area contributed by atoms with E-state index < -0.39 is 0 Å². The normalized spacial score (nSPS) is 11.5. The Bertz CT molecular complexity index is 603. The van der Waals surface area contributed by atoms with E-state index in [9.17, 15) is 0 Å². The van der Waals surface area contributed by atoms with Crippen molar-refractivity contribution in [1.29, 1.82) is 0 Å². The highest BCUT2D eigenvalue weighted by molar-refractivity contribution is 6.30. The minimum Gasteiger partial charge on any atom is -0.381 e. The number of aromatic nitrogens is 2. The van der Waals surface area contributed by atoms with E-state index in [0.717, 1.165) is 22.8 Å². The number of hydrogen-bond acceptors (Lipinski definition) is 4. The molecular formula is C16H21ClN4. The van der Waals surface area contributed by atoms with Crippen LogP contribution in [0.25, 0.3) is 11.3 Å². The first-order chi connectivity index (χ1) is 9.91. The molecule has 0 aliphatic carbocycles. The lowest BCUT2D eigenvalue weighted by atomic mass is 9.95. The fraction of sp³-hybridized carbons (Fsp3) is 0.375. The van der Waals surface area contributed by atoms with E-state index >= 15 is 0 Å². The highest BCUT2D eigenvalue weighted by Crippen LogP contribution is 2.29. The maximum atomic E-state index is 5.96. The molecule has 0 aliphatic heterocycles. The van der Waals surface area contributed by atoms with Crippen LogP contribution in [0.15, 0.2) is 30.5 Å². The van der Waals surface area contributed by atoms with Crippen molar-refractivity contribution in [3.05, 3.63) is 41.3 Å². The van der Waals surface area contributed by atoms with Gasteiger partial charge in [-0.15, -0.1) is 0 Å². The van der Waals surface area contributed by atoms with Crippen LogP contribution in [0.3, 0.4) is 0 Å². The molecule has 0 aliphatic rings. The minimum absolute atomic E-state index is 0.104. The second-order valence-corrected chi connectivity index (χ2v) is 6.36. The van der Waals surface area contributed by atoms with Gasteiger partial charge >= 0.3 is 0 Å². The van der Waals surface area contributed by atoms with Gasteiger partial charge in [0.05, 0.1) is 17.6 Å². The summed E-state index contributed by atoms with van der Waals surface area (Å²) in [4.78, 5) is 9.21. The van der Waals surface area contributed by atoms with E-state index in [2.05, 4.69) is 31.1 Å². The molecule has 3 N–H and O–H groups in total. The van der Waals surface area contributed by atoms with Crippen molar-refractivity contribution in [3.63, 3.8) is 0 Å². The van der Waals surface area contributed by atoms with Crippen LogP contribution in [0.4, 0.5) is 5.69 Å². The molecule has 0 amide bonds. The summed E-state index contributed by atoms with van der Waals surface area (Å²) in [5.74, 6) is 0.811. The predicted molar refractivity (Wildman–Crippen MR) is 88.7 cm³/mol. The Morgan fingerprint density at radius 2 is 1.86 bits per heavy atom. The van der Waals surface area contributed by atoms with Crippen LogP contribution in [-0.4, -0.2) is 23.1 Å². The standard InChI is InChI=1S/C16H21ClN4/c1-16(2,3)15-20-10-13(19-9-8-18)14(21-15)11-4-6-12(17)7-5-11/h4-7,10,19H,8-9,18H2,1-3H3. The monoisotopic (exact) mass is 304 g/mol. The number of halogens is 1. The topological polar surface area (TPSA) is 63.8 Å². The zero-order valence-corrected chi connectivity index (χ0v) is 13.4. The number of hydrogen-bond donors (Lipinski definition) is 2. The summed E-state index contributed by atoms with van der Waals surface area (Å²) < 4.78 is 0. The van der Waals surface area contributed by atoms with E-state index in [1.807, 2.05) is 30.5 Å². The maximum absolute atomic E-state index is 5.96. The molecule has 5 heteroatoms. The highest BCUT2D eigenvalue weighted by atomic mass is 35.5. The highest BCUT2D eigenvalue weighted by Gasteiger charge is 2.19. The van der Waals surface area contributed by atoms with Crippen LogP contribution in [0.2, 0.25) is 5.02 Å². The van der Waals surface area contributed by atoms with Gasteiger partial charge in [-0.05, 0) is 12.1 Å². The third-order valence-corrected chi connectivity index (χ3v) is 3.29. The lowest BCUT2D eigenvalue weighted by molar-refractivity contribution is 0.546. The predicted octanol–water partition coefficient (Wildman–Crippen LogP) is 3.47. The average molecular weight is 305 g/mol. The van der Waals surface area contributed by atoms with Crippen LogP contribution in [0.1, 0.15) is 26.6 Å². The zero-order chi connectivity index (χ0) is 15.5. The van der Waals surface area contributed by atoms with Gasteiger partial charge in [0.2, 0.25) is 0 Å². The quantitative estimate of drug-likeness (QED) is 0.908. The van der Waals surface area contributed by atoms with Gasteiger partial charge in [0.15, 0.2) is 0 Å². The molecule has 21 heavy (non-hydrogen) atoms. The molecule has 0 bridgehead atoms. The first-order valence-electron chi connectivity index (χ1n) is 6.99. The fourth-order valence-corrected chi connectivity index (χ4v) is 2.03. The van der Waals surface area contributed by atoms with E-state index in [0.29, 0.717) is 18.1 Å². The average Bonchev–Trinajstić information content (AvgIpc) is 2.45. The maximum Gasteiger partial charge on any atom is 0.134 e. The molecule has 2 rings (SSSR count). The molecule has 2 aromatic rings. The number of nitrogens with zero attached hydrogens (tertiary/aromatic N) is 2. The molecule has 0 radical (unpaired) electrons. The van der Waals surface area contributed by atoms with Crippen molar-refractivity contribution < 1.29 is 0 Å². The number of nitrogens with two attached hydrogens (primary N) is 1. The van der Waals surface area contributed by atoms with Gasteiger partial charge in [0.1, 0.15) is 5.82 Å². The zero-order valence-electron chi connectivity index (χ0n) is 12.7.